The minimum Gasteiger partial charge on any atom is -0.364 e. The molecule has 0 aromatic heterocycles. The summed E-state index contributed by atoms with van der Waals surface area (Å²) in [6.07, 6.45) is 0.224. The van der Waals surface area contributed by atoms with Crippen molar-refractivity contribution >= 4 is 56.6 Å². The van der Waals surface area contributed by atoms with Gasteiger partial charge in [0.25, 0.3) is 0 Å². The van der Waals surface area contributed by atoms with E-state index in [9.17, 15) is 9.59 Å². The van der Waals surface area contributed by atoms with Crippen LogP contribution in [0.15, 0.2) is 42.5 Å². The highest BCUT2D eigenvalue weighted by molar-refractivity contribution is 8.23. The second-order valence-electron chi connectivity index (χ2n) is 5.66. The molecule has 0 spiro atoms. The van der Waals surface area contributed by atoms with Gasteiger partial charge < -0.3 is 15.5 Å². The van der Waals surface area contributed by atoms with E-state index in [1.54, 1.807) is 4.90 Å². The van der Waals surface area contributed by atoms with Crippen LogP contribution in [0.4, 0.5) is 5.69 Å². The molecule has 132 valence electrons. The molecular formula is C18H21N3O2S2. The Balaban J connectivity index is 1.73. The highest BCUT2D eigenvalue weighted by atomic mass is 32.2. The number of anilines is 1. The van der Waals surface area contributed by atoms with Crippen LogP contribution < -0.4 is 10.6 Å². The van der Waals surface area contributed by atoms with Crippen LogP contribution >= 0.6 is 24.0 Å². The molecule has 2 N–H and O–H groups in total. The lowest BCUT2D eigenvalue weighted by molar-refractivity contribution is -0.119. The van der Waals surface area contributed by atoms with Crippen LogP contribution in [0.3, 0.4) is 0 Å². The molecule has 0 aliphatic heterocycles. The summed E-state index contributed by atoms with van der Waals surface area (Å²) < 4.78 is 0.657. The van der Waals surface area contributed by atoms with Gasteiger partial charge in [0.2, 0.25) is 11.8 Å². The Labute approximate surface area is 157 Å². The van der Waals surface area contributed by atoms with E-state index >= 15 is 0 Å². The molecule has 0 radical (unpaired) electrons. The average molecular weight is 376 g/mol. The maximum absolute atomic E-state index is 12.0. The Bertz CT molecular complexity index is 778. The summed E-state index contributed by atoms with van der Waals surface area (Å²) in [5.41, 5.74) is 0.752. The molecule has 2 aromatic rings. The Morgan fingerprint density at radius 3 is 2.52 bits per heavy atom. The lowest BCUT2D eigenvalue weighted by Gasteiger charge is -2.12. The van der Waals surface area contributed by atoms with Gasteiger partial charge >= 0.3 is 0 Å². The standard InChI is InChI=1S/C18H21N3O2S2/c1-21(2)18(24)25-12-17(23)19-10-9-16(22)20-15-8-7-13-5-3-4-6-14(13)11-15/h3-8,11H,9-10,12H2,1-2H3,(H,19,23)(H,20,22). The lowest BCUT2D eigenvalue weighted by atomic mass is 10.1. The Kier molecular flexibility index (Phi) is 7.21. The molecule has 0 saturated carbocycles. The molecule has 0 atom stereocenters. The molecule has 0 unspecified atom stereocenters. The molecule has 5 nitrogen and oxygen atoms in total. The number of hydrogen-bond acceptors (Lipinski definition) is 4. The molecule has 2 aromatic carbocycles. The number of carbonyl (C=O) groups is 2. The average Bonchev–Trinajstić information content (AvgIpc) is 2.59. The monoisotopic (exact) mass is 375 g/mol. The normalized spacial score (nSPS) is 10.3. The molecule has 0 bridgehead atoms. The molecule has 7 heteroatoms. The zero-order valence-electron chi connectivity index (χ0n) is 14.2. The number of thiocarbonyl (C=S) groups is 1. The largest absolute Gasteiger partial charge is 0.364 e. The van der Waals surface area contributed by atoms with Gasteiger partial charge in [0.1, 0.15) is 4.32 Å². The quantitative estimate of drug-likeness (QED) is 0.760. The van der Waals surface area contributed by atoms with Crippen molar-refractivity contribution in [1.29, 1.82) is 0 Å². The molecule has 2 amide bonds. The van der Waals surface area contributed by atoms with Gasteiger partial charge in [0, 0.05) is 32.7 Å². The molecule has 0 saturated heterocycles. The highest BCUT2D eigenvalue weighted by Gasteiger charge is 2.07. The lowest BCUT2D eigenvalue weighted by Crippen LogP contribution is -2.30. The summed E-state index contributed by atoms with van der Waals surface area (Å²) in [5, 5.41) is 7.77. The van der Waals surface area contributed by atoms with Gasteiger partial charge in [-0.25, -0.2) is 0 Å². The third kappa shape index (κ3) is 6.36. The highest BCUT2D eigenvalue weighted by Crippen LogP contribution is 2.18. The van der Waals surface area contributed by atoms with Crippen molar-refractivity contribution in [1.82, 2.24) is 10.2 Å². The molecule has 25 heavy (non-hydrogen) atoms. The molecule has 2 rings (SSSR count). The third-order valence-corrected chi connectivity index (χ3v) is 5.14. The van der Waals surface area contributed by atoms with Crippen LogP contribution in [-0.2, 0) is 9.59 Å². The van der Waals surface area contributed by atoms with Gasteiger partial charge in [-0.05, 0) is 22.9 Å². The number of rotatable bonds is 6. The number of carbonyl (C=O) groups excluding carboxylic acids is 2. The number of amides is 2. The SMILES string of the molecule is CN(C)C(=S)SCC(=O)NCCC(=O)Nc1ccc2ccccc2c1. The van der Waals surface area contributed by atoms with Crippen molar-refractivity contribution in [2.24, 2.45) is 0 Å². The first kappa shape index (κ1) is 19.2. The summed E-state index contributed by atoms with van der Waals surface area (Å²) in [4.78, 5) is 25.5. The van der Waals surface area contributed by atoms with E-state index in [1.165, 1.54) is 11.8 Å². The van der Waals surface area contributed by atoms with Gasteiger partial charge in [-0.3, -0.25) is 9.59 Å². The van der Waals surface area contributed by atoms with Crippen molar-refractivity contribution in [3.8, 4) is 0 Å². The van der Waals surface area contributed by atoms with Gasteiger partial charge in [-0.15, -0.1) is 0 Å². The minimum absolute atomic E-state index is 0.132. The molecule has 0 aliphatic rings. The minimum atomic E-state index is -0.132. The molecule has 0 fully saturated rings. The fourth-order valence-electron chi connectivity index (χ4n) is 2.11. The summed E-state index contributed by atoms with van der Waals surface area (Å²) in [6.45, 7) is 0.299. The topological polar surface area (TPSA) is 61.4 Å². The fourth-order valence-corrected chi connectivity index (χ4v) is 2.91. The number of fused-ring (bicyclic) bond motifs is 1. The Hall–Kier alpha value is -2.12. The predicted octanol–water partition coefficient (Wildman–Crippen LogP) is 2.86. The first-order valence-electron chi connectivity index (χ1n) is 7.85. The first-order valence-corrected chi connectivity index (χ1v) is 9.24. The zero-order chi connectivity index (χ0) is 18.2. The smallest absolute Gasteiger partial charge is 0.230 e. The van der Waals surface area contributed by atoms with E-state index < -0.39 is 0 Å². The van der Waals surface area contributed by atoms with Crippen molar-refractivity contribution in [2.75, 3.05) is 31.7 Å². The van der Waals surface area contributed by atoms with Crippen LogP contribution in [0.1, 0.15) is 6.42 Å². The van der Waals surface area contributed by atoms with E-state index in [0.29, 0.717) is 10.9 Å². The summed E-state index contributed by atoms with van der Waals surface area (Å²) in [5.74, 6) is -0.0108. The van der Waals surface area contributed by atoms with E-state index in [0.717, 1.165) is 16.5 Å². The maximum Gasteiger partial charge on any atom is 0.230 e. The predicted molar refractivity (Wildman–Crippen MR) is 109 cm³/mol. The van der Waals surface area contributed by atoms with Crippen molar-refractivity contribution in [3.05, 3.63) is 42.5 Å². The summed E-state index contributed by atoms with van der Waals surface area (Å²) >= 11 is 6.40. The van der Waals surface area contributed by atoms with Crippen molar-refractivity contribution < 1.29 is 9.59 Å². The number of thioether (sulfide) groups is 1. The van der Waals surface area contributed by atoms with E-state index in [2.05, 4.69) is 10.6 Å². The van der Waals surface area contributed by atoms with Gasteiger partial charge in [-0.1, -0.05) is 54.3 Å². The van der Waals surface area contributed by atoms with Gasteiger partial charge in [0.15, 0.2) is 0 Å². The van der Waals surface area contributed by atoms with Gasteiger partial charge in [0.05, 0.1) is 5.75 Å². The maximum atomic E-state index is 12.0. The van der Waals surface area contributed by atoms with Crippen LogP contribution in [0, 0.1) is 0 Å². The number of benzene rings is 2. The van der Waals surface area contributed by atoms with Crippen LogP contribution in [-0.4, -0.2) is 47.4 Å². The second kappa shape index (κ2) is 9.39. The Morgan fingerprint density at radius 1 is 1.08 bits per heavy atom. The van der Waals surface area contributed by atoms with Gasteiger partial charge in [-0.2, -0.15) is 0 Å². The molecule has 0 heterocycles. The second-order valence-corrected chi connectivity index (χ2v) is 7.27. The zero-order valence-corrected chi connectivity index (χ0v) is 15.9. The summed E-state index contributed by atoms with van der Waals surface area (Å²) in [6, 6.07) is 13.7. The summed E-state index contributed by atoms with van der Waals surface area (Å²) in [7, 11) is 3.68. The number of nitrogens with zero attached hydrogens (tertiary/aromatic N) is 1. The van der Waals surface area contributed by atoms with Crippen LogP contribution in [0.2, 0.25) is 0 Å². The fraction of sp³-hybridized carbons (Fsp3) is 0.278. The molecule has 0 aliphatic carbocycles. The third-order valence-electron chi connectivity index (χ3n) is 3.40. The van der Waals surface area contributed by atoms with Crippen molar-refractivity contribution in [2.45, 2.75) is 6.42 Å². The van der Waals surface area contributed by atoms with E-state index in [1.807, 2.05) is 56.6 Å². The van der Waals surface area contributed by atoms with Crippen LogP contribution in [0.5, 0.6) is 0 Å². The van der Waals surface area contributed by atoms with Crippen LogP contribution in [0.25, 0.3) is 10.8 Å². The first-order chi connectivity index (χ1) is 12.0. The van der Waals surface area contributed by atoms with E-state index in [-0.39, 0.29) is 24.0 Å². The van der Waals surface area contributed by atoms with E-state index in [4.69, 9.17) is 12.2 Å². The number of nitrogens with one attached hydrogen (secondary N) is 2. The van der Waals surface area contributed by atoms with Crippen molar-refractivity contribution in [3.63, 3.8) is 0 Å². The number of hydrogen-bond donors (Lipinski definition) is 2. The Morgan fingerprint density at radius 2 is 1.80 bits per heavy atom. The molecular weight excluding hydrogens is 354 g/mol.